The number of aliphatic hydroxyl groups is 1. The first kappa shape index (κ1) is 13.5. The minimum atomic E-state index is -0.125. The van der Waals surface area contributed by atoms with E-state index in [0.717, 1.165) is 18.5 Å². The summed E-state index contributed by atoms with van der Waals surface area (Å²) in [6.45, 7) is 1.99. The molecule has 98 valence electrons. The van der Waals surface area contributed by atoms with Gasteiger partial charge in [-0.15, -0.1) is 0 Å². The third kappa shape index (κ3) is 3.29. The van der Waals surface area contributed by atoms with E-state index < -0.39 is 0 Å². The van der Waals surface area contributed by atoms with Crippen LogP contribution in [0.2, 0.25) is 0 Å². The summed E-state index contributed by atoms with van der Waals surface area (Å²) < 4.78 is 0.568. The van der Waals surface area contributed by atoms with Crippen LogP contribution < -0.4 is 5.32 Å². The molecule has 1 aromatic heterocycles. The smallest absolute Gasteiger partial charge is 0.254 e. The van der Waals surface area contributed by atoms with Crippen molar-refractivity contribution < 1.29 is 9.90 Å². The molecule has 0 radical (unpaired) electrons. The molecule has 0 aliphatic heterocycles. The highest BCUT2D eigenvalue weighted by atomic mass is 79.9. The fraction of sp³-hybridized carbons (Fsp3) is 0.538. The topological polar surface area (TPSA) is 62.2 Å². The molecule has 1 atom stereocenters. The Hall–Kier alpha value is -0.940. The van der Waals surface area contributed by atoms with Gasteiger partial charge in [0.05, 0.1) is 5.56 Å². The summed E-state index contributed by atoms with van der Waals surface area (Å²) in [6, 6.07) is 3.67. The summed E-state index contributed by atoms with van der Waals surface area (Å²) in [5, 5.41) is 12.0. The van der Waals surface area contributed by atoms with Crippen LogP contribution in [0.25, 0.3) is 0 Å². The quantitative estimate of drug-likeness (QED) is 0.818. The highest BCUT2D eigenvalue weighted by Gasteiger charge is 2.32. The van der Waals surface area contributed by atoms with Gasteiger partial charge in [0.15, 0.2) is 0 Å². The fourth-order valence-corrected chi connectivity index (χ4v) is 2.60. The summed E-state index contributed by atoms with van der Waals surface area (Å²) in [5.41, 5.74) is 1.41. The van der Waals surface area contributed by atoms with Gasteiger partial charge in [0.1, 0.15) is 4.60 Å². The second kappa shape index (κ2) is 5.80. The molecular formula is C13H17BrN2O2. The number of aromatic nitrogens is 1. The van der Waals surface area contributed by atoms with Gasteiger partial charge in [-0.25, -0.2) is 4.98 Å². The Balaban J connectivity index is 2.05. The Labute approximate surface area is 115 Å². The van der Waals surface area contributed by atoms with Crippen molar-refractivity contribution in [2.24, 2.45) is 5.92 Å². The van der Waals surface area contributed by atoms with E-state index in [-0.39, 0.29) is 18.6 Å². The number of pyridine rings is 1. The second-order valence-electron chi connectivity index (χ2n) is 4.72. The van der Waals surface area contributed by atoms with Crippen molar-refractivity contribution in [3.63, 3.8) is 0 Å². The number of halogens is 1. The standard InChI is InChI=1S/C13H17BrN2O2/c1-8-2-5-10(12(14)15-8)13(18)16-11(6-7-17)9-3-4-9/h2,5,9,11,17H,3-4,6-7H2,1H3,(H,16,18). The zero-order chi connectivity index (χ0) is 13.1. The van der Waals surface area contributed by atoms with Gasteiger partial charge in [-0.2, -0.15) is 0 Å². The summed E-state index contributed by atoms with van der Waals surface area (Å²) in [5.74, 6) is 0.401. The van der Waals surface area contributed by atoms with E-state index in [9.17, 15) is 4.79 Å². The molecule has 4 nitrogen and oxygen atoms in total. The van der Waals surface area contributed by atoms with Gasteiger partial charge in [-0.1, -0.05) is 0 Å². The SMILES string of the molecule is Cc1ccc(C(=O)NC(CCO)C2CC2)c(Br)n1. The fourth-order valence-electron chi connectivity index (χ4n) is 2.00. The highest BCUT2D eigenvalue weighted by molar-refractivity contribution is 9.10. The summed E-state index contributed by atoms with van der Waals surface area (Å²) >= 11 is 3.31. The van der Waals surface area contributed by atoms with E-state index in [0.29, 0.717) is 22.5 Å². The molecule has 0 aromatic carbocycles. The third-order valence-electron chi connectivity index (χ3n) is 3.18. The molecule has 2 rings (SSSR count). The van der Waals surface area contributed by atoms with Crippen LogP contribution in [-0.2, 0) is 0 Å². The van der Waals surface area contributed by atoms with Gasteiger partial charge in [0.2, 0.25) is 0 Å². The number of amides is 1. The number of hydrogen-bond donors (Lipinski definition) is 2. The molecule has 0 spiro atoms. The second-order valence-corrected chi connectivity index (χ2v) is 5.47. The van der Waals surface area contributed by atoms with E-state index in [1.54, 1.807) is 6.07 Å². The van der Waals surface area contributed by atoms with Gasteiger partial charge in [-0.05, 0) is 60.2 Å². The van der Waals surface area contributed by atoms with Crippen molar-refractivity contribution in [2.75, 3.05) is 6.61 Å². The average Bonchev–Trinajstić information content (AvgIpc) is 3.11. The first-order valence-corrected chi connectivity index (χ1v) is 6.96. The van der Waals surface area contributed by atoms with Crippen molar-refractivity contribution >= 4 is 21.8 Å². The van der Waals surface area contributed by atoms with Crippen molar-refractivity contribution in [1.82, 2.24) is 10.3 Å². The van der Waals surface area contributed by atoms with E-state index in [2.05, 4.69) is 26.2 Å². The maximum absolute atomic E-state index is 12.1. The normalized spacial score (nSPS) is 16.4. The van der Waals surface area contributed by atoms with E-state index in [1.807, 2.05) is 13.0 Å². The largest absolute Gasteiger partial charge is 0.396 e. The first-order chi connectivity index (χ1) is 8.61. The Bertz CT molecular complexity index is 447. The number of hydrogen-bond acceptors (Lipinski definition) is 3. The Morgan fingerprint density at radius 2 is 2.33 bits per heavy atom. The third-order valence-corrected chi connectivity index (χ3v) is 3.78. The average molecular weight is 313 g/mol. The maximum atomic E-state index is 12.1. The van der Waals surface area contributed by atoms with Crippen LogP contribution >= 0.6 is 15.9 Å². The lowest BCUT2D eigenvalue weighted by Gasteiger charge is -2.17. The minimum Gasteiger partial charge on any atom is -0.396 e. The molecule has 1 aromatic rings. The van der Waals surface area contributed by atoms with Crippen molar-refractivity contribution in [3.8, 4) is 0 Å². The number of nitrogens with zero attached hydrogens (tertiary/aromatic N) is 1. The van der Waals surface area contributed by atoms with Crippen molar-refractivity contribution in [1.29, 1.82) is 0 Å². The number of nitrogens with one attached hydrogen (secondary N) is 1. The number of aliphatic hydroxyl groups excluding tert-OH is 1. The Morgan fingerprint density at radius 1 is 1.61 bits per heavy atom. The van der Waals surface area contributed by atoms with Crippen LogP contribution in [0.3, 0.4) is 0 Å². The lowest BCUT2D eigenvalue weighted by Crippen LogP contribution is -2.37. The Kier molecular flexibility index (Phi) is 4.35. The van der Waals surface area contributed by atoms with Crippen LogP contribution in [0.4, 0.5) is 0 Å². The van der Waals surface area contributed by atoms with Crippen LogP contribution in [0.15, 0.2) is 16.7 Å². The highest BCUT2D eigenvalue weighted by Crippen LogP contribution is 2.34. The zero-order valence-corrected chi connectivity index (χ0v) is 11.9. The number of carbonyl (C=O) groups is 1. The number of aryl methyl sites for hydroxylation is 1. The molecule has 0 bridgehead atoms. The Morgan fingerprint density at radius 3 is 2.89 bits per heavy atom. The van der Waals surface area contributed by atoms with Crippen molar-refractivity contribution in [3.05, 3.63) is 28.0 Å². The molecule has 0 saturated heterocycles. The molecule has 5 heteroatoms. The van der Waals surface area contributed by atoms with Crippen molar-refractivity contribution in [2.45, 2.75) is 32.2 Å². The van der Waals surface area contributed by atoms with Gasteiger partial charge in [0.25, 0.3) is 5.91 Å². The molecule has 18 heavy (non-hydrogen) atoms. The van der Waals surface area contributed by atoms with Gasteiger partial charge in [-0.3, -0.25) is 4.79 Å². The summed E-state index contributed by atoms with van der Waals surface area (Å²) in [7, 11) is 0. The molecule has 1 unspecified atom stereocenters. The molecule has 1 fully saturated rings. The molecule has 1 aliphatic rings. The molecule has 1 aliphatic carbocycles. The predicted octanol–water partition coefficient (Wildman–Crippen LogP) is 2.04. The van der Waals surface area contributed by atoms with E-state index >= 15 is 0 Å². The first-order valence-electron chi connectivity index (χ1n) is 6.16. The summed E-state index contributed by atoms with van der Waals surface area (Å²) in [4.78, 5) is 16.3. The lowest BCUT2D eigenvalue weighted by molar-refractivity contribution is 0.0923. The van der Waals surface area contributed by atoms with Crippen LogP contribution in [0.1, 0.15) is 35.3 Å². The van der Waals surface area contributed by atoms with E-state index in [1.165, 1.54) is 0 Å². The number of rotatable bonds is 5. The molecule has 1 saturated carbocycles. The molecule has 1 heterocycles. The van der Waals surface area contributed by atoms with Gasteiger partial charge >= 0.3 is 0 Å². The van der Waals surface area contributed by atoms with Gasteiger partial charge in [0, 0.05) is 18.3 Å². The maximum Gasteiger partial charge on any atom is 0.254 e. The van der Waals surface area contributed by atoms with Crippen LogP contribution in [-0.4, -0.2) is 28.6 Å². The molecule has 1 amide bonds. The van der Waals surface area contributed by atoms with Crippen LogP contribution in [0.5, 0.6) is 0 Å². The molecule has 2 N–H and O–H groups in total. The number of carbonyl (C=O) groups excluding carboxylic acids is 1. The predicted molar refractivity (Wildman–Crippen MR) is 72.4 cm³/mol. The zero-order valence-electron chi connectivity index (χ0n) is 10.3. The van der Waals surface area contributed by atoms with Crippen LogP contribution in [0, 0.1) is 12.8 Å². The van der Waals surface area contributed by atoms with Gasteiger partial charge < -0.3 is 10.4 Å². The van der Waals surface area contributed by atoms with E-state index in [4.69, 9.17) is 5.11 Å². The monoisotopic (exact) mass is 312 g/mol. The lowest BCUT2D eigenvalue weighted by atomic mass is 10.1. The summed E-state index contributed by atoms with van der Waals surface area (Å²) in [6.07, 6.45) is 2.89. The molecular weight excluding hydrogens is 296 g/mol. The minimum absolute atomic E-state index is 0.0794.